The molecule has 0 aliphatic heterocycles. The van der Waals surface area contributed by atoms with E-state index in [1.54, 1.807) is 12.1 Å². The van der Waals surface area contributed by atoms with Gasteiger partial charge >= 0.3 is 6.18 Å². The van der Waals surface area contributed by atoms with Gasteiger partial charge < -0.3 is 0 Å². The summed E-state index contributed by atoms with van der Waals surface area (Å²) in [5, 5.41) is 11.2. The molecule has 1 aromatic heterocycles. The van der Waals surface area contributed by atoms with Gasteiger partial charge in [0.25, 0.3) is 5.69 Å². The van der Waals surface area contributed by atoms with Crippen molar-refractivity contribution in [2.75, 3.05) is 0 Å². The number of nitro benzene ring substituents is 1. The highest BCUT2D eigenvalue weighted by molar-refractivity contribution is 6.30. The van der Waals surface area contributed by atoms with Crippen LogP contribution in [0.25, 0.3) is 22.6 Å². The normalized spacial score (nSPS) is 11.4. The Morgan fingerprint density at radius 1 is 0.923 bits per heavy atom. The first-order valence-corrected chi connectivity index (χ1v) is 7.59. The number of aromatic nitrogens is 2. The standard InChI is InChI=1S/C17H9ClF3N3O2/c18-12-5-1-10(2-6-12)14-9-15(17(19,20)21)23-16(22-14)11-3-7-13(8-4-11)24(25)26/h1-9H. The fraction of sp³-hybridized carbons (Fsp3) is 0.0588. The molecule has 0 N–H and O–H groups in total. The zero-order chi connectivity index (χ0) is 18.9. The molecular weight excluding hydrogens is 371 g/mol. The van der Waals surface area contributed by atoms with Crippen molar-refractivity contribution >= 4 is 17.3 Å². The Morgan fingerprint density at radius 2 is 1.50 bits per heavy atom. The Kier molecular flexibility index (Phi) is 4.60. The van der Waals surface area contributed by atoms with E-state index in [2.05, 4.69) is 9.97 Å². The summed E-state index contributed by atoms with van der Waals surface area (Å²) in [6.45, 7) is 0. The highest BCUT2D eigenvalue weighted by atomic mass is 35.5. The summed E-state index contributed by atoms with van der Waals surface area (Å²) in [5.74, 6) is -0.181. The van der Waals surface area contributed by atoms with Gasteiger partial charge in [-0.25, -0.2) is 9.97 Å². The molecule has 0 bridgehead atoms. The van der Waals surface area contributed by atoms with Crippen molar-refractivity contribution in [3.05, 3.63) is 75.4 Å². The molecule has 5 nitrogen and oxygen atoms in total. The van der Waals surface area contributed by atoms with Crippen LogP contribution >= 0.6 is 11.6 Å². The first kappa shape index (κ1) is 17.8. The Bertz CT molecular complexity index is 958. The average Bonchev–Trinajstić information content (AvgIpc) is 2.61. The Balaban J connectivity index is 2.13. The maximum absolute atomic E-state index is 13.2. The van der Waals surface area contributed by atoms with Crippen molar-refractivity contribution in [3.63, 3.8) is 0 Å². The molecular formula is C17H9ClF3N3O2. The van der Waals surface area contributed by atoms with E-state index in [4.69, 9.17) is 11.6 Å². The lowest BCUT2D eigenvalue weighted by Crippen LogP contribution is -2.10. The van der Waals surface area contributed by atoms with Gasteiger partial charge in [0.1, 0.15) is 5.69 Å². The molecule has 0 saturated heterocycles. The Hall–Kier alpha value is -3.00. The van der Waals surface area contributed by atoms with Crippen LogP contribution in [0.5, 0.6) is 0 Å². The summed E-state index contributed by atoms with van der Waals surface area (Å²) in [6, 6.07) is 12.0. The van der Waals surface area contributed by atoms with E-state index in [0.717, 1.165) is 6.07 Å². The van der Waals surface area contributed by atoms with E-state index >= 15 is 0 Å². The molecule has 9 heteroatoms. The molecule has 2 aromatic carbocycles. The third-order valence-corrected chi connectivity index (χ3v) is 3.74. The van der Waals surface area contributed by atoms with Gasteiger partial charge in [0.15, 0.2) is 5.82 Å². The third-order valence-electron chi connectivity index (χ3n) is 3.49. The molecule has 0 aliphatic rings. The molecule has 0 radical (unpaired) electrons. The van der Waals surface area contributed by atoms with Crippen molar-refractivity contribution in [1.29, 1.82) is 0 Å². The number of benzene rings is 2. The minimum atomic E-state index is -4.67. The van der Waals surface area contributed by atoms with Crippen molar-refractivity contribution < 1.29 is 18.1 Å². The number of hydrogen-bond acceptors (Lipinski definition) is 4. The lowest BCUT2D eigenvalue weighted by Gasteiger charge is -2.11. The number of nitro groups is 1. The van der Waals surface area contributed by atoms with E-state index < -0.39 is 16.8 Å². The number of hydrogen-bond donors (Lipinski definition) is 0. The number of rotatable bonds is 3. The summed E-state index contributed by atoms with van der Waals surface area (Å²) in [4.78, 5) is 17.8. The first-order chi connectivity index (χ1) is 12.2. The predicted octanol–water partition coefficient (Wildman–Crippen LogP) is 5.39. The molecule has 26 heavy (non-hydrogen) atoms. The number of non-ortho nitro benzene ring substituents is 1. The summed E-state index contributed by atoms with van der Waals surface area (Å²) in [7, 11) is 0. The second-order valence-electron chi connectivity index (χ2n) is 5.27. The van der Waals surface area contributed by atoms with Gasteiger partial charge in [-0.1, -0.05) is 23.7 Å². The summed E-state index contributed by atoms with van der Waals surface area (Å²) in [6.07, 6.45) is -4.67. The maximum atomic E-state index is 13.2. The quantitative estimate of drug-likeness (QED) is 0.452. The summed E-state index contributed by atoms with van der Waals surface area (Å²) in [5.41, 5.74) is -0.552. The van der Waals surface area contributed by atoms with E-state index in [-0.39, 0.29) is 22.8 Å². The maximum Gasteiger partial charge on any atom is 0.433 e. The molecule has 0 atom stereocenters. The number of nitrogens with zero attached hydrogens (tertiary/aromatic N) is 3. The lowest BCUT2D eigenvalue weighted by atomic mass is 10.1. The topological polar surface area (TPSA) is 68.9 Å². The summed E-state index contributed by atoms with van der Waals surface area (Å²) < 4.78 is 39.6. The molecule has 0 unspecified atom stereocenters. The summed E-state index contributed by atoms with van der Waals surface area (Å²) >= 11 is 5.80. The molecule has 1 heterocycles. The predicted molar refractivity (Wildman–Crippen MR) is 89.6 cm³/mol. The van der Waals surface area contributed by atoms with E-state index in [0.29, 0.717) is 10.6 Å². The van der Waals surface area contributed by atoms with Crippen molar-refractivity contribution in [1.82, 2.24) is 9.97 Å². The monoisotopic (exact) mass is 379 g/mol. The Labute approximate surface area is 150 Å². The van der Waals surface area contributed by atoms with Gasteiger partial charge in [-0.3, -0.25) is 10.1 Å². The smallest absolute Gasteiger partial charge is 0.258 e. The van der Waals surface area contributed by atoms with Crippen LogP contribution in [0.3, 0.4) is 0 Å². The highest BCUT2D eigenvalue weighted by Crippen LogP contribution is 2.32. The second-order valence-corrected chi connectivity index (χ2v) is 5.71. The van der Waals surface area contributed by atoms with Crippen LogP contribution in [0.1, 0.15) is 5.69 Å². The third kappa shape index (κ3) is 3.80. The van der Waals surface area contributed by atoms with E-state index in [1.807, 2.05) is 0 Å². The highest BCUT2D eigenvalue weighted by Gasteiger charge is 2.34. The van der Waals surface area contributed by atoms with Crippen molar-refractivity contribution in [2.45, 2.75) is 6.18 Å². The minimum absolute atomic E-state index is 0.0670. The van der Waals surface area contributed by atoms with Crippen LogP contribution in [0.4, 0.5) is 18.9 Å². The van der Waals surface area contributed by atoms with E-state index in [1.165, 1.54) is 36.4 Å². The molecule has 0 saturated carbocycles. The van der Waals surface area contributed by atoms with Gasteiger partial charge in [0.2, 0.25) is 0 Å². The first-order valence-electron chi connectivity index (χ1n) is 7.21. The van der Waals surface area contributed by atoms with Gasteiger partial charge in [0, 0.05) is 28.3 Å². The number of halogens is 4. The largest absolute Gasteiger partial charge is 0.433 e. The van der Waals surface area contributed by atoms with Crippen molar-refractivity contribution in [3.8, 4) is 22.6 Å². The van der Waals surface area contributed by atoms with Crippen LogP contribution < -0.4 is 0 Å². The average molecular weight is 380 g/mol. The molecule has 0 amide bonds. The molecule has 0 fully saturated rings. The molecule has 132 valence electrons. The van der Waals surface area contributed by atoms with Crippen LogP contribution in [0.15, 0.2) is 54.6 Å². The van der Waals surface area contributed by atoms with E-state index in [9.17, 15) is 23.3 Å². The molecule has 0 spiro atoms. The van der Waals surface area contributed by atoms with Gasteiger partial charge in [-0.05, 0) is 30.3 Å². The zero-order valence-corrected chi connectivity index (χ0v) is 13.6. The number of alkyl halides is 3. The van der Waals surface area contributed by atoms with Crippen LogP contribution in [-0.4, -0.2) is 14.9 Å². The fourth-order valence-electron chi connectivity index (χ4n) is 2.22. The molecule has 0 aliphatic carbocycles. The van der Waals surface area contributed by atoms with Crippen LogP contribution in [0, 0.1) is 10.1 Å². The minimum Gasteiger partial charge on any atom is -0.258 e. The zero-order valence-electron chi connectivity index (χ0n) is 12.9. The Morgan fingerprint density at radius 3 is 2.04 bits per heavy atom. The fourth-order valence-corrected chi connectivity index (χ4v) is 2.35. The van der Waals surface area contributed by atoms with Crippen LogP contribution in [-0.2, 0) is 6.18 Å². The van der Waals surface area contributed by atoms with Crippen LogP contribution in [0.2, 0.25) is 5.02 Å². The second kappa shape index (κ2) is 6.72. The SMILES string of the molecule is O=[N+]([O-])c1ccc(-c2nc(-c3ccc(Cl)cc3)cc(C(F)(F)F)n2)cc1. The lowest BCUT2D eigenvalue weighted by molar-refractivity contribution is -0.384. The van der Waals surface area contributed by atoms with Crippen molar-refractivity contribution in [2.24, 2.45) is 0 Å². The van der Waals surface area contributed by atoms with Gasteiger partial charge in [-0.15, -0.1) is 0 Å². The van der Waals surface area contributed by atoms with Gasteiger partial charge in [0.05, 0.1) is 10.6 Å². The van der Waals surface area contributed by atoms with Gasteiger partial charge in [-0.2, -0.15) is 13.2 Å². The molecule has 3 aromatic rings. The molecule has 3 rings (SSSR count).